The van der Waals surface area contributed by atoms with Crippen LogP contribution in [0.2, 0.25) is 0 Å². The molecule has 0 amide bonds. The Morgan fingerprint density at radius 3 is 2.39 bits per heavy atom. The van der Waals surface area contributed by atoms with Crippen LogP contribution >= 0.6 is 0 Å². The summed E-state index contributed by atoms with van der Waals surface area (Å²) in [6.45, 7) is 9.50. The third-order valence-electron chi connectivity index (χ3n) is 2.42. The molecule has 104 valence electrons. The number of nitrogens with two attached hydrogens (primary N) is 1. The van der Waals surface area contributed by atoms with Gasteiger partial charge in [0.05, 0.1) is 6.04 Å². The molecular weight excluding hydrogens is 229 g/mol. The van der Waals surface area contributed by atoms with E-state index in [-0.39, 0.29) is 13.0 Å². The van der Waals surface area contributed by atoms with Crippen molar-refractivity contribution in [3.63, 3.8) is 0 Å². The lowest BCUT2D eigenvalue weighted by molar-refractivity contribution is -0.127. The van der Waals surface area contributed by atoms with Crippen LogP contribution < -0.4 is 5.73 Å². The van der Waals surface area contributed by atoms with E-state index >= 15 is 0 Å². The summed E-state index contributed by atoms with van der Waals surface area (Å²) in [5.74, 6) is -0.301. The molecule has 0 spiro atoms. The minimum Gasteiger partial charge on any atom is -0.321 e. The fraction of sp³-hybridized carbons (Fsp3) is 0.533. The van der Waals surface area contributed by atoms with E-state index in [0.717, 1.165) is 5.56 Å². The third-order valence-corrected chi connectivity index (χ3v) is 2.42. The summed E-state index contributed by atoms with van der Waals surface area (Å²) < 4.78 is 12.9. The maximum absolute atomic E-state index is 12.9. The lowest BCUT2D eigenvalue weighted by Crippen LogP contribution is -2.40. The van der Waals surface area contributed by atoms with Gasteiger partial charge >= 0.3 is 0 Å². The van der Waals surface area contributed by atoms with Gasteiger partial charge in [-0.25, -0.2) is 4.39 Å². The maximum atomic E-state index is 12.9. The van der Waals surface area contributed by atoms with Crippen LogP contribution in [0.5, 0.6) is 0 Å². The third kappa shape index (κ3) is 5.41. The molecule has 0 bridgehead atoms. The zero-order valence-electron chi connectivity index (χ0n) is 12.0. The fourth-order valence-electron chi connectivity index (χ4n) is 1.57. The first-order chi connectivity index (χ1) is 8.30. The molecule has 18 heavy (non-hydrogen) atoms. The van der Waals surface area contributed by atoms with Crippen LogP contribution in [-0.2, 0) is 11.2 Å². The Bertz CT molecular complexity index is 388. The van der Waals surface area contributed by atoms with Crippen molar-refractivity contribution in [3.8, 4) is 0 Å². The Balaban J connectivity index is 0. The van der Waals surface area contributed by atoms with Crippen molar-refractivity contribution in [2.24, 2.45) is 11.1 Å². The molecule has 0 unspecified atom stereocenters. The van der Waals surface area contributed by atoms with Crippen LogP contribution in [0.4, 0.5) is 4.39 Å². The van der Waals surface area contributed by atoms with Gasteiger partial charge in [-0.1, -0.05) is 46.8 Å². The van der Waals surface area contributed by atoms with Crippen molar-refractivity contribution in [1.82, 2.24) is 0 Å². The molecule has 1 aromatic carbocycles. The molecule has 0 saturated heterocycles. The molecular formula is C15H26FNO. The van der Waals surface area contributed by atoms with Crippen molar-refractivity contribution < 1.29 is 10.6 Å². The zero-order chi connectivity index (χ0) is 14.3. The highest BCUT2D eigenvalue weighted by atomic mass is 19.1. The molecule has 0 aliphatic rings. The SMILES string of the molecule is CC.CC(C)(C)C(=O)[C@@H](N)Cc1cccc(F)c1.[HH]. The highest BCUT2D eigenvalue weighted by Gasteiger charge is 2.26. The molecule has 1 aromatic rings. The number of halogens is 1. The Kier molecular flexibility index (Phi) is 6.77. The standard InChI is InChI=1S/C13H18FNO.C2H6.H2/c1-13(2,3)12(16)11(15)8-9-5-4-6-10(14)7-9;1-2;/h4-7,11H,8,15H2,1-3H3;1-2H3;1H/t11-;;/m0../s1. The first kappa shape index (κ1) is 16.8. The molecule has 1 atom stereocenters. The normalized spacial score (nSPS) is 12.4. The van der Waals surface area contributed by atoms with Crippen LogP contribution in [0.1, 0.15) is 41.6 Å². The van der Waals surface area contributed by atoms with Crippen molar-refractivity contribution in [2.45, 2.75) is 47.1 Å². The average molecular weight is 255 g/mol. The molecule has 0 aliphatic carbocycles. The molecule has 0 saturated carbocycles. The Morgan fingerprint density at radius 2 is 1.94 bits per heavy atom. The molecule has 0 fully saturated rings. The van der Waals surface area contributed by atoms with Crippen LogP contribution in [0.15, 0.2) is 24.3 Å². The number of Topliss-reactive ketones (excluding diaryl/α,β-unsaturated/α-hetero) is 1. The summed E-state index contributed by atoms with van der Waals surface area (Å²) in [5.41, 5.74) is 6.12. The number of rotatable bonds is 3. The van der Waals surface area contributed by atoms with Gasteiger partial charge in [-0.15, -0.1) is 0 Å². The molecule has 0 heterocycles. The van der Waals surface area contributed by atoms with E-state index in [0.29, 0.717) is 6.42 Å². The highest BCUT2D eigenvalue weighted by Crippen LogP contribution is 2.18. The monoisotopic (exact) mass is 255 g/mol. The molecule has 1 rings (SSSR count). The number of hydrogen-bond donors (Lipinski definition) is 1. The van der Waals surface area contributed by atoms with Gasteiger partial charge < -0.3 is 5.73 Å². The van der Waals surface area contributed by atoms with Crippen molar-refractivity contribution in [3.05, 3.63) is 35.6 Å². The Hall–Kier alpha value is -1.22. The van der Waals surface area contributed by atoms with E-state index in [1.165, 1.54) is 12.1 Å². The van der Waals surface area contributed by atoms with Gasteiger partial charge in [-0.05, 0) is 24.1 Å². The van der Waals surface area contributed by atoms with Crippen LogP contribution in [0, 0.1) is 11.2 Å². The molecule has 3 heteroatoms. The van der Waals surface area contributed by atoms with Crippen LogP contribution in [-0.4, -0.2) is 11.8 Å². The first-order valence-corrected chi connectivity index (χ1v) is 6.35. The van der Waals surface area contributed by atoms with Gasteiger partial charge in [0.1, 0.15) is 5.82 Å². The minimum absolute atomic E-state index is 0. The number of carbonyl (C=O) groups excluding carboxylic acids is 1. The maximum Gasteiger partial charge on any atom is 0.155 e. The summed E-state index contributed by atoms with van der Waals surface area (Å²) in [7, 11) is 0. The first-order valence-electron chi connectivity index (χ1n) is 6.35. The van der Waals surface area contributed by atoms with Gasteiger partial charge in [0.2, 0.25) is 0 Å². The summed E-state index contributed by atoms with van der Waals surface area (Å²) in [4.78, 5) is 11.8. The van der Waals surface area contributed by atoms with Crippen LogP contribution in [0.3, 0.4) is 0 Å². The quantitative estimate of drug-likeness (QED) is 0.897. The van der Waals surface area contributed by atoms with Crippen LogP contribution in [0.25, 0.3) is 0 Å². The Labute approximate surface area is 111 Å². The van der Waals surface area contributed by atoms with Crippen molar-refractivity contribution in [2.75, 3.05) is 0 Å². The fourth-order valence-corrected chi connectivity index (χ4v) is 1.57. The summed E-state index contributed by atoms with van der Waals surface area (Å²) in [6, 6.07) is 5.62. The van der Waals surface area contributed by atoms with Gasteiger partial charge in [0.15, 0.2) is 5.78 Å². The number of benzene rings is 1. The average Bonchev–Trinajstić information content (AvgIpc) is 2.29. The van der Waals surface area contributed by atoms with Gasteiger partial charge in [0, 0.05) is 6.84 Å². The highest BCUT2D eigenvalue weighted by molar-refractivity contribution is 5.88. The van der Waals surface area contributed by atoms with Gasteiger partial charge in [-0.3, -0.25) is 4.79 Å². The lowest BCUT2D eigenvalue weighted by atomic mass is 9.85. The minimum atomic E-state index is -0.568. The molecule has 0 aromatic heterocycles. The van der Waals surface area contributed by atoms with E-state index in [4.69, 9.17) is 5.73 Å². The van der Waals surface area contributed by atoms with E-state index < -0.39 is 11.5 Å². The number of ketones is 1. The smallest absolute Gasteiger partial charge is 0.155 e. The van der Waals surface area contributed by atoms with E-state index in [1.807, 2.05) is 34.6 Å². The molecule has 2 nitrogen and oxygen atoms in total. The van der Waals surface area contributed by atoms with Crippen molar-refractivity contribution in [1.29, 1.82) is 0 Å². The largest absolute Gasteiger partial charge is 0.321 e. The van der Waals surface area contributed by atoms with E-state index in [9.17, 15) is 9.18 Å². The van der Waals surface area contributed by atoms with E-state index in [1.54, 1.807) is 12.1 Å². The topological polar surface area (TPSA) is 43.1 Å². The molecule has 0 aliphatic heterocycles. The second-order valence-electron chi connectivity index (χ2n) is 5.05. The molecule has 2 N–H and O–H groups in total. The summed E-state index contributed by atoms with van der Waals surface area (Å²) in [5, 5.41) is 0. The second-order valence-corrected chi connectivity index (χ2v) is 5.05. The summed E-state index contributed by atoms with van der Waals surface area (Å²) >= 11 is 0. The molecule has 0 radical (unpaired) electrons. The predicted molar refractivity (Wildman–Crippen MR) is 76.0 cm³/mol. The van der Waals surface area contributed by atoms with Gasteiger partial charge in [-0.2, -0.15) is 0 Å². The van der Waals surface area contributed by atoms with Crippen molar-refractivity contribution >= 4 is 5.78 Å². The number of carbonyl (C=O) groups is 1. The van der Waals surface area contributed by atoms with E-state index in [2.05, 4.69) is 0 Å². The predicted octanol–water partition coefficient (Wildman–Crippen LogP) is 3.58. The Morgan fingerprint density at radius 1 is 1.39 bits per heavy atom. The van der Waals surface area contributed by atoms with Gasteiger partial charge in [0.25, 0.3) is 0 Å². The lowest BCUT2D eigenvalue weighted by Gasteiger charge is -2.21. The number of hydrogen-bond acceptors (Lipinski definition) is 2. The summed E-state index contributed by atoms with van der Waals surface area (Å²) in [6.07, 6.45) is 0.383. The second kappa shape index (κ2) is 7.27. The zero-order valence-corrected chi connectivity index (χ0v) is 12.0.